The summed E-state index contributed by atoms with van der Waals surface area (Å²) < 4.78 is 82.7. The Bertz CT molecular complexity index is 443. The first kappa shape index (κ1) is 17.1. The van der Waals surface area contributed by atoms with E-state index in [0.29, 0.717) is 10.2 Å². The van der Waals surface area contributed by atoms with Gasteiger partial charge in [0, 0.05) is 0 Å². The van der Waals surface area contributed by atoms with Gasteiger partial charge < -0.3 is 9.47 Å². The first-order valence-corrected chi connectivity index (χ1v) is 5.92. The van der Waals surface area contributed by atoms with E-state index in [2.05, 4.69) is 20.7 Å². The molecule has 0 radical (unpaired) electrons. The van der Waals surface area contributed by atoms with Gasteiger partial charge in [0.2, 0.25) is 6.10 Å². The van der Waals surface area contributed by atoms with Crippen LogP contribution in [0.15, 0.2) is 22.7 Å². The van der Waals surface area contributed by atoms with E-state index in [1.165, 1.54) is 25.3 Å². The van der Waals surface area contributed by atoms with Crippen molar-refractivity contribution in [3.05, 3.63) is 28.2 Å². The van der Waals surface area contributed by atoms with Crippen LogP contribution in [0, 0.1) is 0 Å². The highest BCUT2D eigenvalue weighted by molar-refractivity contribution is 9.10. The molecule has 1 rings (SSSR count). The highest BCUT2D eigenvalue weighted by Gasteiger charge is 2.57. The van der Waals surface area contributed by atoms with Crippen LogP contribution in [0.4, 0.5) is 26.3 Å². The largest absolute Gasteiger partial charge is 0.496 e. The highest BCUT2D eigenvalue weighted by atomic mass is 79.9. The topological polar surface area (TPSA) is 18.5 Å². The summed E-state index contributed by atoms with van der Waals surface area (Å²) in [5.74, 6) is 0.400. The van der Waals surface area contributed by atoms with Gasteiger partial charge >= 0.3 is 12.4 Å². The summed E-state index contributed by atoms with van der Waals surface area (Å²) in [6, 6.07) is 4.04. The fourth-order valence-electron chi connectivity index (χ4n) is 1.35. The number of methoxy groups -OCH3 is 1. The van der Waals surface area contributed by atoms with Gasteiger partial charge in [0.1, 0.15) is 5.75 Å². The molecule has 0 fully saturated rings. The molecule has 20 heavy (non-hydrogen) atoms. The molecule has 2 nitrogen and oxygen atoms in total. The lowest BCUT2D eigenvalue weighted by molar-refractivity contribution is -0.324. The van der Waals surface area contributed by atoms with Crippen LogP contribution >= 0.6 is 15.9 Å². The van der Waals surface area contributed by atoms with Crippen molar-refractivity contribution in [2.75, 3.05) is 7.11 Å². The van der Waals surface area contributed by atoms with Gasteiger partial charge in [0.15, 0.2) is 0 Å². The summed E-state index contributed by atoms with van der Waals surface area (Å²) in [6.07, 6.45) is -14.8. The van der Waals surface area contributed by atoms with Crippen molar-refractivity contribution >= 4 is 15.9 Å². The van der Waals surface area contributed by atoms with Crippen molar-refractivity contribution in [2.24, 2.45) is 0 Å². The molecule has 0 N–H and O–H groups in total. The molecule has 0 saturated carbocycles. The van der Waals surface area contributed by atoms with Gasteiger partial charge in [0.25, 0.3) is 0 Å². The Morgan fingerprint density at radius 2 is 1.65 bits per heavy atom. The van der Waals surface area contributed by atoms with Crippen molar-refractivity contribution in [3.8, 4) is 5.75 Å². The lowest BCUT2D eigenvalue weighted by Crippen LogP contribution is -2.44. The summed E-state index contributed by atoms with van der Waals surface area (Å²) in [6.45, 7) is -0.827. The number of ether oxygens (including phenoxy) is 2. The Hall–Kier alpha value is -0.960. The summed E-state index contributed by atoms with van der Waals surface area (Å²) >= 11 is 3.07. The third kappa shape index (κ3) is 4.55. The second-order valence-electron chi connectivity index (χ2n) is 3.74. The van der Waals surface area contributed by atoms with Gasteiger partial charge in [-0.1, -0.05) is 6.07 Å². The zero-order valence-corrected chi connectivity index (χ0v) is 11.6. The molecule has 0 aromatic heterocycles. The third-order valence-electron chi connectivity index (χ3n) is 2.23. The normalized spacial score (nSPS) is 12.8. The number of hydrogen-bond acceptors (Lipinski definition) is 2. The lowest BCUT2D eigenvalue weighted by atomic mass is 10.2. The van der Waals surface area contributed by atoms with E-state index < -0.39 is 25.1 Å². The fraction of sp³-hybridized carbons (Fsp3) is 0.455. The molecule has 0 saturated heterocycles. The van der Waals surface area contributed by atoms with Crippen LogP contribution in [0.25, 0.3) is 0 Å². The first-order valence-electron chi connectivity index (χ1n) is 5.13. The Labute approximate surface area is 118 Å². The zero-order valence-electron chi connectivity index (χ0n) is 9.98. The quantitative estimate of drug-likeness (QED) is 0.732. The molecule has 0 unspecified atom stereocenters. The predicted molar refractivity (Wildman–Crippen MR) is 61.4 cm³/mol. The minimum Gasteiger partial charge on any atom is -0.496 e. The van der Waals surface area contributed by atoms with Crippen molar-refractivity contribution in [1.29, 1.82) is 0 Å². The van der Waals surface area contributed by atoms with E-state index in [1.807, 2.05) is 0 Å². The summed E-state index contributed by atoms with van der Waals surface area (Å²) in [5, 5.41) is 0. The third-order valence-corrected chi connectivity index (χ3v) is 2.85. The minimum atomic E-state index is -5.51. The number of rotatable bonds is 4. The van der Waals surface area contributed by atoms with Gasteiger partial charge in [-0.05, 0) is 33.6 Å². The Balaban J connectivity index is 2.81. The Kier molecular flexibility index (Phi) is 5.31. The van der Waals surface area contributed by atoms with Crippen LogP contribution in [0.5, 0.6) is 5.75 Å². The molecule has 0 aliphatic heterocycles. The molecule has 0 aliphatic carbocycles. The predicted octanol–water partition coefficient (Wildman–Crippen LogP) is 4.47. The summed E-state index contributed by atoms with van der Waals surface area (Å²) in [4.78, 5) is 0. The molecule has 0 aliphatic rings. The van der Waals surface area contributed by atoms with Gasteiger partial charge in [-0.2, -0.15) is 26.3 Å². The lowest BCUT2D eigenvalue weighted by Gasteiger charge is -2.23. The smallest absolute Gasteiger partial charge is 0.423 e. The second-order valence-corrected chi connectivity index (χ2v) is 4.60. The molecule has 0 heterocycles. The van der Waals surface area contributed by atoms with Crippen molar-refractivity contribution < 1.29 is 35.8 Å². The molecular weight excluding hydrogens is 358 g/mol. The van der Waals surface area contributed by atoms with Gasteiger partial charge in [0.05, 0.1) is 18.2 Å². The summed E-state index contributed by atoms with van der Waals surface area (Å²) in [5.41, 5.74) is 0.149. The fourth-order valence-corrected chi connectivity index (χ4v) is 1.94. The van der Waals surface area contributed by atoms with Crippen molar-refractivity contribution in [2.45, 2.75) is 25.1 Å². The number of hydrogen-bond donors (Lipinski definition) is 0. The monoisotopic (exact) mass is 366 g/mol. The van der Waals surface area contributed by atoms with E-state index in [0.717, 1.165) is 0 Å². The Morgan fingerprint density at radius 1 is 1.10 bits per heavy atom. The minimum absolute atomic E-state index is 0.149. The van der Waals surface area contributed by atoms with E-state index in [1.54, 1.807) is 0 Å². The van der Waals surface area contributed by atoms with Crippen molar-refractivity contribution in [1.82, 2.24) is 0 Å². The average molecular weight is 367 g/mol. The average Bonchev–Trinajstić information content (AvgIpc) is 2.25. The van der Waals surface area contributed by atoms with Gasteiger partial charge in [-0.15, -0.1) is 0 Å². The molecule has 0 amide bonds. The SMILES string of the molecule is COc1ccc(COC(C(F)(F)F)C(F)(F)F)cc1Br. The van der Waals surface area contributed by atoms with Crippen LogP contribution in [-0.2, 0) is 11.3 Å². The van der Waals surface area contributed by atoms with E-state index in [9.17, 15) is 26.3 Å². The molecule has 0 atom stereocenters. The van der Waals surface area contributed by atoms with Crippen LogP contribution in [0.2, 0.25) is 0 Å². The maximum Gasteiger partial charge on any atom is 0.423 e. The maximum absolute atomic E-state index is 12.2. The van der Waals surface area contributed by atoms with Crippen molar-refractivity contribution in [3.63, 3.8) is 0 Å². The van der Waals surface area contributed by atoms with E-state index >= 15 is 0 Å². The van der Waals surface area contributed by atoms with E-state index in [-0.39, 0.29) is 5.56 Å². The Morgan fingerprint density at radius 3 is 2.05 bits per heavy atom. The maximum atomic E-state index is 12.2. The highest BCUT2D eigenvalue weighted by Crippen LogP contribution is 2.36. The molecular formula is C11H9BrF6O2. The molecule has 1 aromatic rings. The molecule has 9 heteroatoms. The molecule has 0 spiro atoms. The number of alkyl halides is 6. The standard InChI is InChI=1S/C11H9BrF6O2/c1-19-8-3-2-6(4-7(8)12)5-20-9(10(13,14)15)11(16,17)18/h2-4,9H,5H2,1H3. The second kappa shape index (κ2) is 6.21. The van der Waals surface area contributed by atoms with Gasteiger partial charge in [-0.25, -0.2) is 0 Å². The van der Waals surface area contributed by atoms with Crippen LogP contribution in [-0.4, -0.2) is 25.6 Å². The molecule has 0 bridgehead atoms. The zero-order chi connectivity index (χ0) is 15.6. The van der Waals surface area contributed by atoms with Crippen LogP contribution in [0.1, 0.15) is 5.56 Å². The van der Waals surface area contributed by atoms with Crippen LogP contribution in [0.3, 0.4) is 0 Å². The van der Waals surface area contributed by atoms with Gasteiger partial charge in [-0.3, -0.25) is 0 Å². The molecule has 114 valence electrons. The van der Waals surface area contributed by atoms with Crippen LogP contribution < -0.4 is 4.74 Å². The van der Waals surface area contributed by atoms with E-state index in [4.69, 9.17) is 4.74 Å². The first-order chi connectivity index (χ1) is 9.05. The molecule has 1 aromatic carbocycles. The number of benzene rings is 1. The summed E-state index contributed by atoms with van der Waals surface area (Å²) in [7, 11) is 1.37. The number of halogens is 7.